The molecule has 0 amide bonds. The Morgan fingerprint density at radius 1 is 1.26 bits per heavy atom. The van der Waals surface area contributed by atoms with Crippen molar-refractivity contribution >= 4 is 5.78 Å². The predicted octanol–water partition coefficient (Wildman–Crippen LogP) is 1.82. The summed E-state index contributed by atoms with van der Waals surface area (Å²) in [6.45, 7) is 0.751. The second kappa shape index (κ2) is 6.36. The zero-order valence-corrected chi connectivity index (χ0v) is 10.9. The number of hydrogen-bond acceptors (Lipinski definition) is 5. The van der Waals surface area contributed by atoms with Crippen molar-refractivity contribution in [2.45, 2.75) is 6.10 Å². The summed E-state index contributed by atoms with van der Waals surface area (Å²) in [6, 6.07) is 5.05. The number of ether oxygens (including phenoxy) is 4. The van der Waals surface area contributed by atoms with Gasteiger partial charge in [-0.1, -0.05) is 0 Å². The number of rotatable bonds is 5. The standard InChI is InChI=1S/C14H16O5/c1-16-12-5-10(6-13(7-12)17-2)14(15)4-3-11-8-18-9-19-11/h3-7,11H,8-9H2,1-2H3/b4-3+/t11-/m0/s1. The van der Waals surface area contributed by atoms with Crippen molar-refractivity contribution in [3.8, 4) is 11.5 Å². The highest BCUT2D eigenvalue weighted by Crippen LogP contribution is 2.23. The summed E-state index contributed by atoms with van der Waals surface area (Å²) in [5.74, 6) is 1.03. The molecule has 2 rings (SSSR count). The van der Waals surface area contributed by atoms with Crippen LogP contribution in [0.25, 0.3) is 0 Å². The van der Waals surface area contributed by atoms with Crippen LogP contribution < -0.4 is 9.47 Å². The third kappa shape index (κ3) is 3.56. The number of ketones is 1. The van der Waals surface area contributed by atoms with E-state index in [1.54, 1.807) is 38.5 Å². The van der Waals surface area contributed by atoms with E-state index in [9.17, 15) is 4.79 Å². The molecule has 0 N–H and O–H groups in total. The fraction of sp³-hybridized carbons (Fsp3) is 0.357. The van der Waals surface area contributed by atoms with Crippen LogP contribution in [-0.2, 0) is 9.47 Å². The van der Waals surface area contributed by atoms with Gasteiger partial charge in [-0.05, 0) is 24.3 Å². The van der Waals surface area contributed by atoms with Crippen molar-refractivity contribution < 1.29 is 23.7 Å². The molecule has 1 aliphatic heterocycles. The number of allylic oxidation sites excluding steroid dienone is 1. The van der Waals surface area contributed by atoms with Crippen molar-refractivity contribution in [1.29, 1.82) is 0 Å². The molecule has 0 bridgehead atoms. The summed E-state index contributed by atoms with van der Waals surface area (Å²) in [5.41, 5.74) is 0.506. The molecular formula is C14H16O5. The molecule has 0 aromatic heterocycles. The lowest BCUT2D eigenvalue weighted by Crippen LogP contribution is -2.06. The molecular weight excluding hydrogens is 248 g/mol. The summed E-state index contributed by atoms with van der Waals surface area (Å²) in [5, 5.41) is 0. The van der Waals surface area contributed by atoms with Crippen molar-refractivity contribution in [3.63, 3.8) is 0 Å². The van der Waals surface area contributed by atoms with E-state index in [0.29, 0.717) is 23.7 Å². The monoisotopic (exact) mass is 264 g/mol. The Morgan fingerprint density at radius 3 is 2.47 bits per heavy atom. The van der Waals surface area contributed by atoms with E-state index >= 15 is 0 Å². The van der Waals surface area contributed by atoms with Crippen LogP contribution in [0.4, 0.5) is 0 Å². The zero-order chi connectivity index (χ0) is 13.7. The van der Waals surface area contributed by atoms with Gasteiger partial charge in [-0.3, -0.25) is 4.79 Å². The summed E-state index contributed by atoms with van der Waals surface area (Å²) >= 11 is 0. The van der Waals surface area contributed by atoms with Crippen LogP contribution in [0.2, 0.25) is 0 Å². The lowest BCUT2D eigenvalue weighted by molar-refractivity contribution is 0.0571. The van der Waals surface area contributed by atoms with Crippen LogP contribution in [0.15, 0.2) is 30.4 Å². The highest BCUT2D eigenvalue weighted by Gasteiger charge is 2.13. The van der Waals surface area contributed by atoms with Crippen molar-refractivity contribution in [2.24, 2.45) is 0 Å². The Morgan fingerprint density at radius 2 is 1.95 bits per heavy atom. The Kier molecular flexibility index (Phi) is 4.54. The van der Waals surface area contributed by atoms with Gasteiger partial charge in [0.05, 0.1) is 20.8 Å². The predicted molar refractivity (Wildman–Crippen MR) is 68.7 cm³/mol. The number of carbonyl (C=O) groups excluding carboxylic acids is 1. The van der Waals surface area contributed by atoms with E-state index in [-0.39, 0.29) is 18.7 Å². The maximum atomic E-state index is 12.0. The molecule has 19 heavy (non-hydrogen) atoms. The SMILES string of the molecule is COc1cc(OC)cc(C(=O)/C=C/[C@H]2COCO2)c1. The first-order chi connectivity index (χ1) is 9.22. The highest BCUT2D eigenvalue weighted by atomic mass is 16.7. The van der Waals surface area contributed by atoms with E-state index in [1.165, 1.54) is 6.08 Å². The van der Waals surface area contributed by atoms with E-state index in [0.717, 1.165) is 0 Å². The van der Waals surface area contributed by atoms with Crippen molar-refractivity contribution in [2.75, 3.05) is 27.6 Å². The average molecular weight is 264 g/mol. The van der Waals surface area contributed by atoms with Crippen LogP contribution in [0.3, 0.4) is 0 Å². The fourth-order valence-corrected chi connectivity index (χ4v) is 1.70. The minimum absolute atomic E-state index is 0.132. The van der Waals surface area contributed by atoms with Gasteiger partial charge in [0.1, 0.15) is 24.4 Å². The smallest absolute Gasteiger partial charge is 0.185 e. The Labute approximate surface area is 111 Å². The molecule has 102 valence electrons. The van der Waals surface area contributed by atoms with Gasteiger partial charge in [0.25, 0.3) is 0 Å². The summed E-state index contributed by atoms with van der Waals surface area (Å²) in [7, 11) is 3.09. The number of carbonyl (C=O) groups is 1. The van der Waals surface area contributed by atoms with Crippen LogP contribution in [0, 0.1) is 0 Å². The van der Waals surface area contributed by atoms with Gasteiger partial charge in [0.2, 0.25) is 0 Å². The molecule has 1 saturated heterocycles. The maximum Gasteiger partial charge on any atom is 0.185 e. The Bertz CT molecular complexity index is 452. The lowest BCUT2D eigenvalue weighted by atomic mass is 10.1. The van der Waals surface area contributed by atoms with Gasteiger partial charge >= 0.3 is 0 Å². The number of methoxy groups -OCH3 is 2. The van der Waals surface area contributed by atoms with Gasteiger partial charge in [-0.2, -0.15) is 0 Å². The van der Waals surface area contributed by atoms with Crippen LogP contribution >= 0.6 is 0 Å². The van der Waals surface area contributed by atoms with E-state index in [2.05, 4.69) is 0 Å². The van der Waals surface area contributed by atoms with Gasteiger partial charge in [-0.15, -0.1) is 0 Å². The summed E-state index contributed by atoms with van der Waals surface area (Å²) in [6.07, 6.45) is 3.02. The second-order valence-corrected chi connectivity index (χ2v) is 4.02. The van der Waals surface area contributed by atoms with E-state index in [4.69, 9.17) is 18.9 Å². The first-order valence-electron chi connectivity index (χ1n) is 5.88. The first-order valence-corrected chi connectivity index (χ1v) is 5.88. The lowest BCUT2D eigenvalue weighted by Gasteiger charge is -2.06. The highest BCUT2D eigenvalue weighted by molar-refractivity contribution is 6.05. The van der Waals surface area contributed by atoms with E-state index in [1.807, 2.05) is 0 Å². The molecule has 0 radical (unpaired) electrons. The quantitative estimate of drug-likeness (QED) is 0.599. The molecule has 1 heterocycles. The summed E-state index contributed by atoms with van der Waals surface area (Å²) in [4.78, 5) is 12.0. The Hall–Kier alpha value is -1.85. The largest absolute Gasteiger partial charge is 0.497 e. The molecule has 1 atom stereocenters. The number of benzene rings is 1. The molecule has 5 nitrogen and oxygen atoms in total. The molecule has 0 spiro atoms. The van der Waals surface area contributed by atoms with Gasteiger partial charge in [0.15, 0.2) is 5.78 Å². The van der Waals surface area contributed by atoms with Crippen LogP contribution in [0.5, 0.6) is 11.5 Å². The van der Waals surface area contributed by atoms with E-state index < -0.39 is 0 Å². The molecule has 1 fully saturated rings. The topological polar surface area (TPSA) is 54.0 Å². The third-order valence-electron chi connectivity index (χ3n) is 2.75. The molecule has 1 aromatic rings. The molecule has 0 unspecified atom stereocenters. The normalized spacial score (nSPS) is 18.7. The summed E-state index contributed by atoms with van der Waals surface area (Å²) < 4.78 is 20.5. The maximum absolute atomic E-state index is 12.0. The van der Waals surface area contributed by atoms with Crippen LogP contribution in [0.1, 0.15) is 10.4 Å². The van der Waals surface area contributed by atoms with Crippen LogP contribution in [-0.4, -0.2) is 39.5 Å². The molecule has 1 aliphatic rings. The van der Waals surface area contributed by atoms with Crippen molar-refractivity contribution in [1.82, 2.24) is 0 Å². The van der Waals surface area contributed by atoms with Gasteiger partial charge in [0, 0.05) is 11.6 Å². The average Bonchev–Trinajstić information content (AvgIpc) is 2.97. The number of hydrogen-bond donors (Lipinski definition) is 0. The molecule has 1 aromatic carbocycles. The minimum atomic E-state index is -0.156. The van der Waals surface area contributed by atoms with Crippen molar-refractivity contribution in [3.05, 3.63) is 35.9 Å². The second-order valence-electron chi connectivity index (χ2n) is 4.02. The third-order valence-corrected chi connectivity index (χ3v) is 2.75. The van der Waals surface area contributed by atoms with Gasteiger partial charge < -0.3 is 18.9 Å². The Balaban J connectivity index is 2.13. The zero-order valence-electron chi connectivity index (χ0n) is 10.9. The molecule has 0 saturated carbocycles. The minimum Gasteiger partial charge on any atom is -0.497 e. The molecule has 5 heteroatoms. The first kappa shape index (κ1) is 13.6. The fourth-order valence-electron chi connectivity index (χ4n) is 1.70. The van der Waals surface area contributed by atoms with Gasteiger partial charge in [-0.25, -0.2) is 0 Å². The molecule has 0 aliphatic carbocycles.